The van der Waals surface area contributed by atoms with Gasteiger partial charge in [0.15, 0.2) is 0 Å². The molecule has 0 aliphatic rings. The van der Waals surface area contributed by atoms with E-state index in [2.05, 4.69) is 15.9 Å². The molecule has 1 rings (SSSR count). The van der Waals surface area contributed by atoms with Gasteiger partial charge in [0.1, 0.15) is 0 Å². The maximum atomic E-state index is 5.50. The topological polar surface area (TPSA) is 0 Å². The Balaban J connectivity index is 2.86. The molecule has 2 heteroatoms. The number of halogens is 2. The molecule has 0 saturated carbocycles. The SMILES string of the molecule is ClCC=Cc1ccccc1Br. The van der Waals surface area contributed by atoms with Crippen molar-refractivity contribution in [2.24, 2.45) is 0 Å². The lowest BCUT2D eigenvalue weighted by molar-refractivity contribution is 1.59. The minimum Gasteiger partial charge on any atom is -0.122 e. The minimum atomic E-state index is 0.557. The molecule has 0 nitrogen and oxygen atoms in total. The summed E-state index contributed by atoms with van der Waals surface area (Å²) in [5.74, 6) is 0.557. The molecule has 0 saturated heterocycles. The summed E-state index contributed by atoms with van der Waals surface area (Å²) in [5.41, 5.74) is 1.16. The van der Waals surface area contributed by atoms with Crippen molar-refractivity contribution in [3.63, 3.8) is 0 Å². The van der Waals surface area contributed by atoms with E-state index >= 15 is 0 Å². The first kappa shape index (κ1) is 8.82. The lowest BCUT2D eigenvalue weighted by atomic mass is 10.2. The van der Waals surface area contributed by atoms with Crippen LogP contribution < -0.4 is 0 Å². The number of alkyl halides is 1. The number of allylic oxidation sites excluding steroid dienone is 1. The third-order valence-electron chi connectivity index (χ3n) is 1.29. The second kappa shape index (κ2) is 4.58. The predicted octanol–water partition coefficient (Wildman–Crippen LogP) is 3.70. The molecule has 0 fully saturated rings. The molecule has 1 aromatic carbocycles. The van der Waals surface area contributed by atoms with E-state index in [-0.39, 0.29) is 0 Å². The van der Waals surface area contributed by atoms with E-state index in [0.29, 0.717) is 5.88 Å². The third kappa shape index (κ3) is 2.68. The van der Waals surface area contributed by atoms with Gasteiger partial charge in [0.2, 0.25) is 0 Å². The molecule has 0 unspecified atom stereocenters. The highest BCUT2D eigenvalue weighted by Gasteiger charge is 1.90. The summed E-state index contributed by atoms with van der Waals surface area (Å²) < 4.78 is 1.10. The van der Waals surface area contributed by atoms with E-state index in [9.17, 15) is 0 Å². The summed E-state index contributed by atoms with van der Waals surface area (Å²) >= 11 is 8.93. The summed E-state index contributed by atoms with van der Waals surface area (Å²) in [4.78, 5) is 0. The van der Waals surface area contributed by atoms with Crippen LogP contribution in [0.3, 0.4) is 0 Å². The normalized spacial score (nSPS) is 10.7. The van der Waals surface area contributed by atoms with Crippen LogP contribution >= 0.6 is 27.5 Å². The van der Waals surface area contributed by atoms with Gasteiger partial charge in [-0.05, 0) is 11.6 Å². The fourth-order valence-corrected chi connectivity index (χ4v) is 1.29. The zero-order chi connectivity index (χ0) is 8.10. The Morgan fingerprint density at radius 2 is 2.09 bits per heavy atom. The van der Waals surface area contributed by atoms with Crippen LogP contribution in [0, 0.1) is 0 Å². The van der Waals surface area contributed by atoms with Crippen LogP contribution in [0.1, 0.15) is 5.56 Å². The maximum absolute atomic E-state index is 5.50. The number of hydrogen-bond acceptors (Lipinski definition) is 0. The first-order valence-corrected chi connectivity index (χ1v) is 4.64. The first-order valence-electron chi connectivity index (χ1n) is 3.31. The van der Waals surface area contributed by atoms with Gasteiger partial charge in [-0.1, -0.05) is 46.3 Å². The molecule has 0 spiro atoms. The van der Waals surface area contributed by atoms with E-state index in [0.717, 1.165) is 10.0 Å². The molecule has 0 radical (unpaired) electrons. The molecule has 0 aliphatic carbocycles. The summed E-state index contributed by atoms with van der Waals surface area (Å²) in [5, 5.41) is 0. The van der Waals surface area contributed by atoms with Crippen molar-refractivity contribution in [1.82, 2.24) is 0 Å². The van der Waals surface area contributed by atoms with Crippen LogP contribution in [0.4, 0.5) is 0 Å². The predicted molar refractivity (Wildman–Crippen MR) is 53.9 cm³/mol. The first-order chi connectivity index (χ1) is 5.34. The Morgan fingerprint density at radius 3 is 2.73 bits per heavy atom. The fourth-order valence-electron chi connectivity index (χ4n) is 0.782. The molecule has 0 heterocycles. The lowest BCUT2D eigenvalue weighted by Gasteiger charge is -1.94. The van der Waals surface area contributed by atoms with Gasteiger partial charge < -0.3 is 0 Å². The van der Waals surface area contributed by atoms with Crippen LogP contribution in [0.2, 0.25) is 0 Å². The number of hydrogen-bond donors (Lipinski definition) is 0. The van der Waals surface area contributed by atoms with Gasteiger partial charge in [-0.25, -0.2) is 0 Å². The highest BCUT2D eigenvalue weighted by atomic mass is 79.9. The zero-order valence-electron chi connectivity index (χ0n) is 5.93. The molecule has 11 heavy (non-hydrogen) atoms. The Hall–Kier alpha value is -0.270. The van der Waals surface area contributed by atoms with Gasteiger partial charge in [-0.15, -0.1) is 11.6 Å². The lowest BCUT2D eigenvalue weighted by Crippen LogP contribution is -1.73. The van der Waals surface area contributed by atoms with Crippen molar-refractivity contribution >= 4 is 33.6 Å². The summed E-state index contributed by atoms with van der Waals surface area (Å²) in [6, 6.07) is 8.03. The Labute approximate surface area is 80.0 Å². The minimum absolute atomic E-state index is 0.557. The monoisotopic (exact) mass is 230 g/mol. The van der Waals surface area contributed by atoms with Crippen molar-refractivity contribution in [2.45, 2.75) is 0 Å². The maximum Gasteiger partial charge on any atom is 0.0407 e. The second-order valence-corrected chi connectivity index (χ2v) is 3.24. The van der Waals surface area contributed by atoms with Crippen molar-refractivity contribution in [3.05, 3.63) is 40.4 Å². The van der Waals surface area contributed by atoms with Crippen LogP contribution in [-0.4, -0.2) is 5.88 Å². The van der Waals surface area contributed by atoms with E-state index in [1.165, 1.54) is 0 Å². The van der Waals surface area contributed by atoms with Crippen molar-refractivity contribution < 1.29 is 0 Å². The average molecular weight is 232 g/mol. The second-order valence-electron chi connectivity index (χ2n) is 2.08. The standard InChI is InChI=1S/C9H8BrCl/c10-9-6-2-1-4-8(9)5-3-7-11/h1-6H,7H2. The smallest absolute Gasteiger partial charge is 0.0407 e. The van der Waals surface area contributed by atoms with Crippen molar-refractivity contribution in [3.8, 4) is 0 Å². The van der Waals surface area contributed by atoms with E-state index < -0.39 is 0 Å². The van der Waals surface area contributed by atoms with E-state index in [1.54, 1.807) is 0 Å². The van der Waals surface area contributed by atoms with E-state index in [1.807, 2.05) is 36.4 Å². The highest BCUT2D eigenvalue weighted by Crippen LogP contribution is 2.16. The molecule has 0 amide bonds. The summed E-state index contributed by atoms with van der Waals surface area (Å²) in [6.07, 6.45) is 3.92. The van der Waals surface area contributed by atoms with Gasteiger partial charge in [0.25, 0.3) is 0 Å². The molecule has 0 aromatic heterocycles. The molecule has 0 aliphatic heterocycles. The van der Waals surface area contributed by atoms with Crippen LogP contribution in [0.5, 0.6) is 0 Å². The Bertz CT molecular complexity index is 255. The Kier molecular flexibility index (Phi) is 3.67. The highest BCUT2D eigenvalue weighted by molar-refractivity contribution is 9.10. The third-order valence-corrected chi connectivity index (χ3v) is 2.19. The van der Waals surface area contributed by atoms with Gasteiger partial charge in [-0.2, -0.15) is 0 Å². The van der Waals surface area contributed by atoms with Crippen LogP contribution in [0.25, 0.3) is 6.08 Å². The van der Waals surface area contributed by atoms with Crippen molar-refractivity contribution in [2.75, 3.05) is 5.88 Å². The largest absolute Gasteiger partial charge is 0.122 e. The van der Waals surface area contributed by atoms with Crippen LogP contribution in [0.15, 0.2) is 34.8 Å². The molecular formula is C9H8BrCl. The molecule has 58 valence electrons. The quantitative estimate of drug-likeness (QED) is 0.681. The zero-order valence-corrected chi connectivity index (χ0v) is 8.27. The molecule has 0 N–H and O–H groups in total. The number of benzene rings is 1. The molecular weight excluding hydrogens is 223 g/mol. The summed E-state index contributed by atoms with van der Waals surface area (Å²) in [7, 11) is 0. The van der Waals surface area contributed by atoms with Crippen molar-refractivity contribution in [1.29, 1.82) is 0 Å². The molecule has 0 bridgehead atoms. The fraction of sp³-hybridized carbons (Fsp3) is 0.111. The molecule has 1 aromatic rings. The van der Waals surface area contributed by atoms with Gasteiger partial charge in [-0.3, -0.25) is 0 Å². The van der Waals surface area contributed by atoms with Gasteiger partial charge in [0.05, 0.1) is 0 Å². The summed E-state index contributed by atoms with van der Waals surface area (Å²) in [6.45, 7) is 0. The average Bonchev–Trinajstić information content (AvgIpc) is 2.03. The number of rotatable bonds is 2. The molecule has 0 atom stereocenters. The van der Waals surface area contributed by atoms with Gasteiger partial charge in [0, 0.05) is 10.4 Å². The Morgan fingerprint density at radius 1 is 1.36 bits per heavy atom. The van der Waals surface area contributed by atoms with Gasteiger partial charge >= 0.3 is 0 Å². The van der Waals surface area contributed by atoms with Crippen LogP contribution in [-0.2, 0) is 0 Å². The van der Waals surface area contributed by atoms with E-state index in [4.69, 9.17) is 11.6 Å².